The molecule has 0 saturated heterocycles. The maximum atomic E-state index is 11.1. The summed E-state index contributed by atoms with van der Waals surface area (Å²) in [4.78, 5) is 10.6. The van der Waals surface area contributed by atoms with Gasteiger partial charge in [-0.3, -0.25) is 20.6 Å². The first-order chi connectivity index (χ1) is 9.61. The molecule has 4 N–H and O–H groups in total. The maximum absolute atomic E-state index is 11.1. The van der Waals surface area contributed by atoms with Gasteiger partial charge in [0.2, 0.25) is 0 Å². The van der Waals surface area contributed by atoms with Crippen molar-refractivity contribution in [2.75, 3.05) is 17.3 Å². The van der Waals surface area contributed by atoms with E-state index in [9.17, 15) is 10.1 Å². The van der Waals surface area contributed by atoms with Gasteiger partial charge in [-0.2, -0.15) is 5.10 Å². The molecule has 0 atom stereocenters. The van der Waals surface area contributed by atoms with Gasteiger partial charge in [0, 0.05) is 26.2 Å². The van der Waals surface area contributed by atoms with Crippen molar-refractivity contribution in [3.63, 3.8) is 0 Å². The number of para-hydroxylation sites is 1. The second-order valence-corrected chi connectivity index (χ2v) is 4.26. The number of nitrogens with two attached hydrogens (primary N) is 1. The van der Waals surface area contributed by atoms with E-state index in [1.54, 1.807) is 22.9 Å². The Hall–Kier alpha value is -2.61. The van der Waals surface area contributed by atoms with Crippen LogP contribution in [0, 0.1) is 10.1 Å². The molecule has 0 saturated carbocycles. The van der Waals surface area contributed by atoms with Crippen molar-refractivity contribution in [2.24, 2.45) is 12.9 Å². The predicted octanol–water partition coefficient (Wildman–Crippen LogP) is 1.27. The normalized spacial score (nSPS) is 10.3. The Morgan fingerprint density at radius 2 is 2.15 bits per heavy atom. The first-order valence-corrected chi connectivity index (χ1v) is 6.08. The van der Waals surface area contributed by atoms with E-state index in [0.29, 0.717) is 18.7 Å². The molecule has 0 radical (unpaired) electrons. The number of nitrogen functional groups attached to an aromatic ring is 1. The number of nitro benzene ring substituents is 1. The van der Waals surface area contributed by atoms with Gasteiger partial charge < -0.3 is 10.7 Å². The second-order valence-electron chi connectivity index (χ2n) is 4.26. The lowest BCUT2D eigenvalue weighted by atomic mass is 10.2. The van der Waals surface area contributed by atoms with Crippen LogP contribution < -0.4 is 16.6 Å². The predicted molar refractivity (Wildman–Crippen MR) is 76.3 cm³/mol. The number of nitro groups is 1. The Morgan fingerprint density at radius 3 is 2.75 bits per heavy atom. The molecule has 1 heterocycles. The van der Waals surface area contributed by atoms with Crippen LogP contribution in [0.1, 0.15) is 5.69 Å². The molecule has 0 amide bonds. The van der Waals surface area contributed by atoms with Crippen LogP contribution in [-0.4, -0.2) is 21.2 Å². The molecule has 0 fully saturated rings. The molecule has 2 rings (SSSR count). The highest BCUT2D eigenvalue weighted by atomic mass is 16.6. The van der Waals surface area contributed by atoms with Crippen LogP contribution in [0.3, 0.4) is 0 Å². The number of nitrogens with zero attached hydrogens (tertiary/aromatic N) is 3. The minimum absolute atomic E-state index is 0.0592. The minimum atomic E-state index is -0.460. The average molecular weight is 276 g/mol. The summed E-state index contributed by atoms with van der Waals surface area (Å²) in [6, 6.07) is 6.82. The Bertz CT molecular complexity index is 610. The van der Waals surface area contributed by atoms with Gasteiger partial charge in [0.05, 0.1) is 10.6 Å². The summed E-state index contributed by atoms with van der Waals surface area (Å²) in [6.07, 6.45) is 2.54. The maximum Gasteiger partial charge on any atom is 0.316 e. The Balaban J connectivity index is 2.07. The minimum Gasteiger partial charge on any atom is -0.379 e. The fraction of sp³-hybridized carbons (Fsp3) is 0.250. The van der Waals surface area contributed by atoms with Crippen LogP contribution in [-0.2, 0) is 13.5 Å². The first kappa shape index (κ1) is 13.8. The third-order valence-electron chi connectivity index (χ3n) is 2.84. The highest BCUT2D eigenvalue weighted by molar-refractivity contribution is 5.75. The number of hydrazine groups is 1. The van der Waals surface area contributed by atoms with E-state index in [0.717, 1.165) is 5.69 Å². The van der Waals surface area contributed by atoms with Crippen molar-refractivity contribution in [3.8, 4) is 0 Å². The summed E-state index contributed by atoms with van der Waals surface area (Å²) in [5, 5.41) is 18.4. The molecule has 0 spiro atoms. The lowest BCUT2D eigenvalue weighted by Crippen LogP contribution is -2.12. The molecule has 0 bridgehead atoms. The van der Waals surface area contributed by atoms with Crippen molar-refractivity contribution in [2.45, 2.75) is 6.42 Å². The van der Waals surface area contributed by atoms with E-state index in [2.05, 4.69) is 15.8 Å². The topological polar surface area (TPSA) is 111 Å². The molecule has 106 valence electrons. The smallest absolute Gasteiger partial charge is 0.316 e. The molecule has 8 heteroatoms. The summed E-state index contributed by atoms with van der Waals surface area (Å²) in [6.45, 7) is 0.547. The summed E-state index contributed by atoms with van der Waals surface area (Å²) >= 11 is 0. The molecular formula is C12H16N6O2. The zero-order chi connectivity index (χ0) is 14.5. The number of benzene rings is 1. The summed E-state index contributed by atoms with van der Waals surface area (Å²) in [7, 11) is 1.85. The van der Waals surface area contributed by atoms with E-state index in [1.165, 1.54) is 0 Å². The van der Waals surface area contributed by atoms with Gasteiger partial charge in [-0.15, -0.1) is 0 Å². The van der Waals surface area contributed by atoms with Crippen molar-refractivity contribution in [3.05, 3.63) is 46.3 Å². The molecule has 0 aliphatic heterocycles. The van der Waals surface area contributed by atoms with Crippen molar-refractivity contribution < 1.29 is 4.92 Å². The second kappa shape index (κ2) is 6.02. The van der Waals surface area contributed by atoms with Crippen molar-refractivity contribution in [1.29, 1.82) is 0 Å². The van der Waals surface area contributed by atoms with E-state index in [-0.39, 0.29) is 11.4 Å². The van der Waals surface area contributed by atoms with Gasteiger partial charge in [0.1, 0.15) is 11.4 Å². The summed E-state index contributed by atoms with van der Waals surface area (Å²) < 4.78 is 1.72. The lowest BCUT2D eigenvalue weighted by molar-refractivity contribution is -0.383. The first-order valence-electron chi connectivity index (χ1n) is 6.08. The highest BCUT2D eigenvalue weighted by Crippen LogP contribution is 2.31. The van der Waals surface area contributed by atoms with Crippen LogP contribution in [0.15, 0.2) is 30.5 Å². The molecular weight excluding hydrogens is 260 g/mol. The molecule has 1 aromatic carbocycles. The van der Waals surface area contributed by atoms with E-state index in [4.69, 9.17) is 5.84 Å². The molecule has 1 aromatic heterocycles. The van der Waals surface area contributed by atoms with Gasteiger partial charge >= 0.3 is 5.69 Å². The summed E-state index contributed by atoms with van der Waals surface area (Å²) in [5.74, 6) is 5.28. The van der Waals surface area contributed by atoms with Crippen molar-refractivity contribution in [1.82, 2.24) is 9.78 Å². The number of hydrogen-bond donors (Lipinski definition) is 3. The van der Waals surface area contributed by atoms with Crippen molar-refractivity contribution >= 4 is 17.1 Å². The number of nitrogens with one attached hydrogen (secondary N) is 2. The molecule has 0 aliphatic rings. The third-order valence-corrected chi connectivity index (χ3v) is 2.84. The van der Waals surface area contributed by atoms with Gasteiger partial charge in [-0.1, -0.05) is 6.07 Å². The highest BCUT2D eigenvalue weighted by Gasteiger charge is 2.18. The van der Waals surface area contributed by atoms with Crippen LogP contribution in [0.2, 0.25) is 0 Å². The van der Waals surface area contributed by atoms with E-state index >= 15 is 0 Å². The summed E-state index contributed by atoms with van der Waals surface area (Å²) in [5.41, 5.74) is 3.91. The molecule has 8 nitrogen and oxygen atoms in total. The zero-order valence-corrected chi connectivity index (χ0v) is 11.0. The standard InChI is InChI=1S/C12H16N6O2/c1-17-8-6-9(16-17)5-7-14-10-3-2-4-11(15-13)12(10)18(19)20/h2-4,6,8,14-15H,5,7,13H2,1H3. The zero-order valence-electron chi connectivity index (χ0n) is 11.0. The van der Waals surface area contributed by atoms with Gasteiger partial charge in [0.25, 0.3) is 0 Å². The van der Waals surface area contributed by atoms with E-state index < -0.39 is 4.92 Å². The fourth-order valence-corrected chi connectivity index (χ4v) is 1.92. The number of anilines is 2. The number of rotatable bonds is 6. The lowest BCUT2D eigenvalue weighted by Gasteiger charge is -2.09. The third kappa shape index (κ3) is 3.04. The molecule has 20 heavy (non-hydrogen) atoms. The largest absolute Gasteiger partial charge is 0.379 e. The van der Waals surface area contributed by atoms with Gasteiger partial charge in [-0.05, 0) is 18.2 Å². The van der Waals surface area contributed by atoms with Crippen LogP contribution in [0.25, 0.3) is 0 Å². The quantitative estimate of drug-likeness (QED) is 0.416. The molecule has 2 aromatic rings. The molecule has 0 unspecified atom stereocenters. The number of aryl methyl sites for hydroxylation is 1. The molecule has 0 aliphatic carbocycles. The van der Waals surface area contributed by atoms with Crippen LogP contribution in [0.5, 0.6) is 0 Å². The average Bonchev–Trinajstić information content (AvgIpc) is 2.83. The number of aromatic nitrogens is 2. The van der Waals surface area contributed by atoms with Crippen LogP contribution >= 0.6 is 0 Å². The SMILES string of the molecule is Cn1ccc(CCNc2cccc(NN)c2[N+](=O)[O-])n1. The Morgan fingerprint density at radius 1 is 1.40 bits per heavy atom. The Kier molecular flexibility index (Phi) is 4.16. The monoisotopic (exact) mass is 276 g/mol. The fourth-order valence-electron chi connectivity index (χ4n) is 1.92. The van der Waals surface area contributed by atoms with Crippen LogP contribution in [0.4, 0.5) is 17.1 Å². The van der Waals surface area contributed by atoms with Gasteiger partial charge in [0.15, 0.2) is 0 Å². The van der Waals surface area contributed by atoms with E-state index in [1.807, 2.05) is 19.3 Å². The Labute approximate surface area is 115 Å². The van der Waals surface area contributed by atoms with Gasteiger partial charge in [-0.25, -0.2) is 0 Å². The number of hydrogen-bond acceptors (Lipinski definition) is 6.